The van der Waals surface area contributed by atoms with Gasteiger partial charge in [-0.15, -0.1) is 0 Å². The maximum atomic E-state index is 14.7. The number of carbonyl (C=O) groups excluding carboxylic acids is 1. The molecule has 2 unspecified atom stereocenters. The van der Waals surface area contributed by atoms with Crippen molar-refractivity contribution in [3.05, 3.63) is 53.3 Å². The number of ether oxygens (including phenoxy) is 1. The van der Waals surface area contributed by atoms with E-state index in [2.05, 4.69) is 0 Å². The van der Waals surface area contributed by atoms with Crippen molar-refractivity contribution in [2.45, 2.75) is 54.1 Å². The lowest BCUT2D eigenvalue weighted by Crippen LogP contribution is -2.37. The molecule has 2 aliphatic heterocycles. The van der Waals surface area contributed by atoms with Gasteiger partial charge in [-0.25, -0.2) is 4.39 Å². The Morgan fingerprint density at radius 1 is 1.29 bits per heavy atom. The Morgan fingerprint density at radius 2 is 2.11 bits per heavy atom. The van der Waals surface area contributed by atoms with Crippen molar-refractivity contribution in [3.63, 3.8) is 0 Å². The number of anilines is 1. The Hall–Kier alpha value is -1.89. The molecule has 4 rings (SSSR count). The number of amides is 1. The van der Waals surface area contributed by atoms with E-state index < -0.39 is 5.60 Å². The summed E-state index contributed by atoms with van der Waals surface area (Å²) in [6, 6.07) is 11.2. The molecule has 0 radical (unpaired) electrons. The van der Waals surface area contributed by atoms with Gasteiger partial charge in [0.05, 0.1) is 18.3 Å². The van der Waals surface area contributed by atoms with Gasteiger partial charge in [0.15, 0.2) is 0 Å². The first-order valence-electron chi connectivity index (χ1n) is 9.55. The number of aliphatic hydroxyl groups is 1. The third-order valence-electron chi connectivity index (χ3n) is 5.65. The van der Waals surface area contributed by atoms with E-state index in [-0.39, 0.29) is 17.8 Å². The first kappa shape index (κ1) is 19.4. The summed E-state index contributed by atoms with van der Waals surface area (Å²) >= 11 is 1.37. The molecule has 0 bridgehead atoms. The number of aryl methyl sites for hydroxylation is 1. The predicted octanol–water partition coefficient (Wildman–Crippen LogP) is 4.27. The van der Waals surface area contributed by atoms with E-state index in [1.807, 2.05) is 37.3 Å². The van der Waals surface area contributed by atoms with Gasteiger partial charge in [-0.2, -0.15) is 0 Å². The van der Waals surface area contributed by atoms with Crippen LogP contribution in [0.25, 0.3) is 0 Å². The number of aliphatic hydroxyl groups excluding tert-OH is 1. The van der Waals surface area contributed by atoms with Crippen molar-refractivity contribution in [2.75, 3.05) is 18.6 Å². The molecule has 148 valence electrons. The Balaban J connectivity index is 1.61. The number of rotatable bonds is 3. The van der Waals surface area contributed by atoms with E-state index in [9.17, 15) is 14.3 Å². The van der Waals surface area contributed by atoms with Gasteiger partial charge in [-0.1, -0.05) is 23.9 Å². The number of benzene rings is 2. The molecule has 1 N–H and O–H groups in total. The van der Waals surface area contributed by atoms with Crippen molar-refractivity contribution >= 4 is 23.4 Å². The number of carbonyl (C=O) groups is 1. The summed E-state index contributed by atoms with van der Waals surface area (Å²) < 4.78 is 20.7. The van der Waals surface area contributed by atoms with Crippen LogP contribution in [-0.4, -0.2) is 30.8 Å². The second-order valence-corrected chi connectivity index (χ2v) is 8.84. The Morgan fingerprint density at radius 3 is 2.89 bits per heavy atom. The SMILES string of the molecule is CN1C(=O)CCc2cc(Sc3cccc(C4(C)CC(O)CCO4)c3)c(F)cc21. The average molecular weight is 402 g/mol. The van der Waals surface area contributed by atoms with Crippen LogP contribution in [0, 0.1) is 5.82 Å². The first-order chi connectivity index (χ1) is 13.4. The molecular formula is C22H24FNO3S. The molecule has 28 heavy (non-hydrogen) atoms. The van der Waals surface area contributed by atoms with E-state index in [0.29, 0.717) is 42.9 Å². The minimum Gasteiger partial charge on any atom is -0.393 e. The smallest absolute Gasteiger partial charge is 0.227 e. The second kappa shape index (κ2) is 7.50. The van der Waals surface area contributed by atoms with Gasteiger partial charge >= 0.3 is 0 Å². The summed E-state index contributed by atoms with van der Waals surface area (Å²) in [4.78, 5) is 14.9. The maximum absolute atomic E-state index is 14.7. The molecule has 1 saturated heterocycles. The van der Waals surface area contributed by atoms with Crippen molar-refractivity contribution in [2.24, 2.45) is 0 Å². The fourth-order valence-electron chi connectivity index (χ4n) is 3.97. The number of nitrogens with zero attached hydrogens (tertiary/aromatic N) is 1. The highest BCUT2D eigenvalue weighted by molar-refractivity contribution is 7.99. The van der Waals surface area contributed by atoms with Crippen LogP contribution in [0.4, 0.5) is 10.1 Å². The molecule has 0 aliphatic carbocycles. The highest BCUT2D eigenvalue weighted by Gasteiger charge is 2.34. The minimum atomic E-state index is -0.536. The van der Waals surface area contributed by atoms with Crippen LogP contribution in [0.2, 0.25) is 0 Å². The summed E-state index contributed by atoms with van der Waals surface area (Å²) in [7, 11) is 1.69. The van der Waals surface area contributed by atoms with Crippen LogP contribution in [-0.2, 0) is 21.6 Å². The fourth-order valence-corrected chi connectivity index (χ4v) is 4.91. The average Bonchev–Trinajstić information content (AvgIpc) is 2.66. The van der Waals surface area contributed by atoms with Crippen LogP contribution < -0.4 is 4.90 Å². The Labute approximate surface area is 168 Å². The maximum Gasteiger partial charge on any atom is 0.227 e. The third-order valence-corrected chi connectivity index (χ3v) is 6.67. The standard InChI is InChI=1S/C22H24FNO3S/c1-22(13-16(25)8-9-27-22)15-4-3-5-17(11-15)28-20-10-14-6-7-21(26)24(2)19(14)12-18(20)23/h3-5,10-12,16,25H,6-9,13H2,1-2H3. The fraction of sp³-hybridized carbons (Fsp3) is 0.409. The number of fused-ring (bicyclic) bond motifs is 1. The zero-order valence-electron chi connectivity index (χ0n) is 16.1. The van der Waals surface area contributed by atoms with Gasteiger partial charge in [-0.05, 0) is 55.2 Å². The molecular weight excluding hydrogens is 377 g/mol. The van der Waals surface area contributed by atoms with E-state index >= 15 is 0 Å². The number of hydrogen-bond acceptors (Lipinski definition) is 4. The van der Waals surface area contributed by atoms with Gasteiger partial charge in [0.2, 0.25) is 5.91 Å². The summed E-state index contributed by atoms with van der Waals surface area (Å²) in [6.45, 7) is 2.52. The van der Waals surface area contributed by atoms with Gasteiger partial charge in [-0.3, -0.25) is 4.79 Å². The largest absolute Gasteiger partial charge is 0.393 e. The van der Waals surface area contributed by atoms with Crippen molar-refractivity contribution in [3.8, 4) is 0 Å². The summed E-state index contributed by atoms with van der Waals surface area (Å²) in [5, 5.41) is 10.0. The van der Waals surface area contributed by atoms with Crippen molar-refractivity contribution in [1.29, 1.82) is 0 Å². The van der Waals surface area contributed by atoms with Gasteiger partial charge in [0.25, 0.3) is 0 Å². The summed E-state index contributed by atoms with van der Waals surface area (Å²) in [5.41, 5.74) is 2.10. The lowest BCUT2D eigenvalue weighted by molar-refractivity contribution is -0.118. The van der Waals surface area contributed by atoms with Crippen molar-refractivity contribution < 1.29 is 19.0 Å². The molecule has 2 heterocycles. The molecule has 4 nitrogen and oxygen atoms in total. The minimum absolute atomic E-state index is 0.0166. The first-order valence-corrected chi connectivity index (χ1v) is 10.4. The molecule has 6 heteroatoms. The van der Waals surface area contributed by atoms with Gasteiger partial charge in [0, 0.05) is 35.4 Å². The number of halogens is 1. The van der Waals surface area contributed by atoms with Crippen LogP contribution in [0.15, 0.2) is 46.2 Å². The monoisotopic (exact) mass is 401 g/mol. The quantitative estimate of drug-likeness (QED) is 0.834. The topological polar surface area (TPSA) is 49.8 Å². The van der Waals surface area contributed by atoms with Gasteiger partial charge in [0.1, 0.15) is 5.82 Å². The number of hydrogen-bond donors (Lipinski definition) is 1. The van der Waals surface area contributed by atoms with Crippen LogP contribution in [0.5, 0.6) is 0 Å². The molecule has 2 aromatic rings. The van der Waals surface area contributed by atoms with E-state index in [4.69, 9.17) is 4.74 Å². The van der Waals surface area contributed by atoms with Gasteiger partial charge < -0.3 is 14.7 Å². The molecule has 1 amide bonds. The van der Waals surface area contributed by atoms with E-state index in [0.717, 1.165) is 16.0 Å². The normalized spacial score (nSPS) is 24.9. The summed E-state index contributed by atoms with van der Waals surface area (Å²) in [5.74, 6) is -0.311. The molecule has 1 fully saturated rings. The molecule has 0 spiro atoms. The highest BCUT2D eigenvalue weighted by Crippen LogP contribution is 2.40. The Bertz CT molecular complexity index is 919. The molecule has 2 aromatic carbocycles. The molecule has 2 aliphatic rings. The van der Waals surface area contributed by atoms with E-state index in [1.165, 1.54) is 22.7 Å². The van der Waals surface area contributed by atoms with Crippen molar-refractivity contribution in [1.82, 2.24) is 0 Å². The highest BCUT2D eigenvalue weighted by atomic mass is 32.2. The Kier molecular flexibility index (Phi) is 5.21. The zero-order valence-corrected chi connectivity index (χ0v) is 16.9. The lowest BCUT2D eigenvalue weighted by atomic mass is 9.87. The molecule has 2 atom stereocenters. The van der Waals surface area contributed by atoms with Crippen LogP contribution >= 0.6 is 11.8 Å². The molecule has 0 saturated carbocycles. The lowest BCUT2D eigenvalue weighted by Gasteiger charge is -2.37. The zero-order chi connectivity index (χ0) is 19.9. The van der Waals surface area contributed by atoms with Crippen LogP contribution in [0.3, 0.4) is 0 Å². The predicted molar refractivity (Wildman–Crippen MR) is 107 cm³/mol. The third kappa shape index (κ3) is 3.69. The summed E-state index contributed by atoms with van der Waals surface area (Å²) in [6.07, 6.45) is 1.92. The van der Waals surface area contributed by atoms with E-state index in [1.54, 1.807) is 7.05 Å². The van der Waals surface area contributed by atoms with Crippen LogP contribution in [0.1, 0.15) is 37.3 Å². The molecule has 0 aromatic heterocycles. The second-order valence-electron chi connectivity index (χ2n) is 7.72.